The number of rotatable bonds is 8. The van der Waals surface area contributed by atoms with E-state index in [4.69, 9.17) is 4.74 Å². The van der Waals surface area contributed by atoms with E-state index in [1.54, 1.807) is 11.9 Å². The lowest BCUT2D eigenvalue weighted by molar-refractivity contribution is -0.155. The molecule has 0 aromatic carbocycles. The van der Waals surface area contributed by atoms with Crippen molar-refractivity contribution in [3.05, 3.63) is 0 Å². The smallest absolute Gasteiger partial charge is 0.456 e. The Bertz CT molecular complexity index is 396. The highest BCUT2D eigenvalue weighted by molar-refractivity contribution is 8.13. The number of halogens is 3. The first-order valence-electron chi connectivity index (χ1n) is 7.86. The number of cyclic esters (lactones) is 1. The van der Waals surface area contributed by atoms with E-state index in [1.807, 2.05) is 0 Å². The lowest BCUT2D eigenvalue weighted by Crippen LogP contribution is -2.52. The summed E-state index contributed by atoms with van der Waals surface area (Å²) in [6, 6.07) is -0.0838. The van der Waals surface area contributed by atoms with Crippen LogP contribution >= 0.6 is 35.8 Å². The Morgan fingerprint density at radius 1 is 1.21 bits per heavy atom. The van der Waals surface area contributed by atoms with E-state index >= 15 is 0 Å². The Morgan fingerprint density at radius 3 is 2.62 bits per heavy atom. The Hall–Kier alpha value is 0.190. The number of alkyl halides is 3. The van der Waals surface area contributed by atoms with Crippen molar-refractivity contribution in [2.45, 2.75) is 30.8 Å². The zero-order chi connectivity index (χ0) is 17.4. The molecule has 2 aliphatic heterocycles. The van der Waals surface area contributed by atoms with Gasteiger partial charge in [0.05, 0.1) is 6.61 Å². The molecule has 0 aromatic rings. The van der Waals surface area contributed by atoms with E-state index in [0.717, 1.165) is 63.1 Å². The lowest BCUT2D eigenvalue weighted by Gasteiger charge is -2.38. The Morgan fingerprint density at radius 2 is 1.96 bits per heavy atom. The summed E-state index contributed by atoms with van der Waals surface area (Å²) in [6.45, 7) is 4.03. The molecule has 1 N–H and O–H groups in total. The molecule has 11 heteroatoms. The summed E-state index contributed by atoms with van der Waals surface area (Å²) < 4.78 is 45.4. The fraction of sp³-hybridized carbons (Fsp3) is 0.923. The first kappa shape index (κ1) is 20.5. The minimum Gasteiger partial charge on any atom is -0.465 e. The fourth-order valence-electron chi connectivity index (χ4n) is 2.58. The first-order valence-corrected chi connectivity index (χ1v) is 10.6. The molecular formula is C13H22F3N3O2S3. The molecule has 2 aliphatic rings. The fourth-order valence-corrected chi connectivity index (χ4v) is 4.95. The quantitative estimate of drug-likeness (QED) is 0.376. The summed E-state index contributed by atoms with van der Waals surface area (Å²) in [6.07, 6.45) is 2.66. The highest BCUT2D eigenvalue weighted by Gasteiger charge is 2.32. The lowest BCUT2D eigenvalue weighted by atomic mass is 10.1. The monoisotopic (exact) mass is 405 g/mol. The van der Waals surface area contributed by atoms with Crippen LogP contribution in [0.25, 0.3) is 0 Å². The first-order chi connectivity index (χ1) is 11.5. The van der Waals surface area contributed by atoms with Crippen molar-refractivity contribution in [3.63, 3.8) is 0 Å². The second kappa shape index (κ2) is 10.4. The van der Waals surface area contributed by atoms with Crippen molar-refractivity contribution in [3.8, 4) is 0 Å². The van der Waals surface area contributed by atoms with Gasteiger partial charge in [0.2, 0.25) is 0 Å². The van der Waals surface area contributed by atoms with Gasteiger partial charge in [0.15, 0.2) is 0 Å². The van der Waals surface area contributed by atoms with Crippen molar-refractivity contribution in [2.75, 3.05) is 44.3 Å². The van der Waals surface area contributed by atoms with Gasteiger partial charge in [-0.25, -0.2) is 8.43 Å². The summed E-state index contributed by atoms with van der Waals surface area (Å²) in [5.41, 5.74) is -4.23. The van der Waals surface area contributed by atoms with Gasteiger partial charge in [-0.3, -0.25) is 9.69 Å². The van der Waals surface area contributed by atoms with Gasteiger partial charge in [-0.15, -0.1) is 0 Å². The van der Waals surface area contributed by atoms with Gasteiger partial charge in [-0.2, -0.15) is 13.2 Å². The normalized spacial score (nSPS) is 24.1. The summed E-state index contributed by atoms with van der Waals surface area (Å²) in [4.78, 5) is 14.0. The molecule has 2 fully saturated rings. The van der Waals surface area contributed by atoms with Crippen LogP contribution in [0, 0.1) is 0 Å². The SMILES string of the molecule is O=C1OCCCC1N1CCN(SCCCSNSC(F)(F)F)CC1. The second-order valence-corrected chi connectivity index (χ2v) is 8.67. The van der Waals surface area contributed by atoms with Crippen LogP contribution in [0.5, 0.6) is 0 Å². The average Bonchev–Trinajstić information content (AvgIpc) is 2.54. The number of nitrogens with one attached hydrogen (secondary N) is 1. The van der Waals surface area contributed by atoms with Gasteiger partial charge in [0.1, 0.15) is 6.04 Å². The van der Waals surface area contributed by atoms with Crippen molar-refractivity contribution in [1.82, 2.24) is 13.3 Å². The van der Waals surface area contributed by atoms with Gasteiger partial charge in [-0.05, 0) is 19.3 Å². The van der Waals surface area contributed by atoms with E-state index in [-0.39, 0.29) is 24.0 Å². The minimum atomic E-state index is -4.23. The molecule has 5 nitrogen and oxygen atoms in total. The molecular weight excluding hydrogens is 383 g/mol. The third-order valence-electron chi connectivity index (χ3n) is 3.73. The third-order valence-corrected chi connectivity index (χ3v) is 6.46. The van der Waals surface area contributed by atoms with Gasteiger partial charge >= 0.3 is 11.5 Å². The van der Waals surface area contributed by atoms with Crippen LogP contribution in [0.3, 0.4) is 0 Å². The Balaban J connectivity index is 1.50. The van der Waals surface area contributed by atoms with Crippen molar-refractivity contribution in [2.24, 2.45) is 0 Å². The molecule has 0 spiro atoms. The molecule has 1 unspecified atom stereocenters. The number of esters is 1. The van der Waals surface area contributed by atoms with Crippen LogP contribution in [0.2, 0.25) is 0 Å². The van der Waals surface area contributed by atoms with E-state index in [2.05, 4.69) is 13.3 Å². The van der Waals surface area contributed by atoms with Gasteiger partial charge < -0.3 is 4.74 Å². The highest BCUT2D eigenvalue weighted by Crippen LogP contribution is 2.29. The van der Waals surface area contributed by atoms with E-state index in [9.17, 15) is 18.0 Å². The van der Waals surface area contributed by atoms with Crippen molar-refractivity contribution < 1.29 is 22.7 Å². The summed E-state index contributed by atoms with van der Waals surface area (Å²) in [7, 11) is 0. The molecule has 1 atom stereocenters. The average molecular weight is 406 g/mol. The molecule has 24 heavy (non-hydrogen) atoms. The molecule has 0 aromatic heterocycles. The molecule has 0 amide bonds. The van der Waals surface area contributed by atoms with E-state index in [1.165, 1.54) is 0 Å². The summed E-state index contributed by atoms with van der Waals surface area (Å²) in [5.74, 6) is 1.43. The Kier molecular flexibility index (Phi) is 8.85. The number of piperazine rings is 1. The molecule has 0 aliphatic carbocycles. The number of carbonyl (C=O) groups excluding carboxylic acids is 1. The maximum Gasteiger partial charge on any atom is 0.456 e. The number of hydrogen-bond donors (Lipinski definition) is 1. The third kappa shape index (κ3) is 7.61. The summed E-state index contributed by atoms with van der Waals surface area (Å²) in [5, 5.41) is 0. The van der Waals surface area contributed by atoms with Crippen molar-refractivity contribution in [1.29, 1.82) is 0 Å². The van der Waals surface area contributed by atoms with Gasteiger partial charge in [0.25, 0.3) is 0 Å². The second-order valence-electron chi connectivity index (χ2n) is 5.46. The van der Waals surface area contributed by atoms with Crippen LogP contribution in [-0.4, -0.2) is 71.0 Å². The highest BCUT2D eigenvalue weighted by atomic mass is 32.2. The number of ether oxygens (including phenoxy) is 1. The Labute approximate surface area is 153 Å². The topological polar surface area (TPSA) is 44.8 Å². The predicted molar refractivity (Wildman–Crippen MR) is 93.4 cm³/mol. The van der Waals surface area contributed by atoms with Crippen LogP contribution in [-0.2, 0) is 9.53 Å². The molecule has 0 saturated carbocycles. The zero-order valence-corrected chi connectivity index (χ0v) is 15.7. The molecule has 2 saturated heterocycles. The van der Waals surface area contributed by atoms with Gasteiger partial charge in [0, 0.05) is 49.6 Å². The predicted octanol–water partition coefficient (Wildman–Crippen LogP) is 2.75. The van der Waals surface area contributed by atoms with Crippen LogP contribution in [0.15, 0.2) is 0 Å². The number of hydrogen-bond acceptors (Lipinski definition) is 8. The minimum absolute atomic E-state index is 0.0838. The largest absolute Gasteiger partial charge is 0.465 e. The molecule has 0 bridgehead atoms. The maximum atomic E-state index is 11.9. The number of nitrogens with zero attached hydrogens (tertiary/aromatic N) is 2. The standard InChI is InChI=1S/C13H22F3N3O2S3/c14-13(15,16)24-17-22-9-2-10-23-19-6-4-18(5-7-19)11-3-1-8-21-12(11)20/h11,17H,1-10H2. The molecule has 0 radical (unpaired) electrons. The molecule has 140 valence electrons. The maximum absolute atomic E-state index is 11.9. The van der Waals surface area contributed by atoms with Crippen molar-refractivity contribution >= 4 is 41.8 Å². The number of carbonyl (C=O) groups is 1. The summed E-state index contributed by atoms with van der Waals surface area (Å²) >= 11 is 2.60. The van der Waals surface area contributed by atoms with E-state index in [0.29, 0.717) is 12.4 Å². The van der Waals surface area contributed by atoms with Crippen LogP contribution < -0.4 is 4.13 Å². The molecule has 2 rings (SSSR count). The van der Waals surface area contributed by atoms with Crippen LogP contribution in [0.4, 0.5) is 13.2 Å². The molecule has 2 heterocycles. The zero-order valence-electron chi connectivity index (χ0n) is 13.2. The van der Waals surface area contributed by atoms with Crippen LogP contribution in [0.1, 0.15) is 19.3 Å². The van der Waals surface area contributed by atoms with Gasteiger partial charge in [-0.1, -0.05) is 23.9 Å². The van der Waals surface area contributed by atoms with E-state index < -0.39 is 5.51 Å².